The lowest BCUT2D eigenvalue weighted by Crippen LogP contribution is -2.45. The number of amides is 2. The first-order valence-corrected chi connectivity index (χ1v) is 13.0. The van der Waals surface area contributed by atoms with E-state index in [1.165, 1.54) is 0 Å². The Morgan fingerprint density at radius 2 is 1.26 bits per heavy atom. The van der Waals surface area contributed by atoms with Crippen molar-refractivity contribution < 1.29 is 9.90 Å². The second-order valence-corrected chi connectivity index (χ2v) is 6.94. The smallest absolute Gasteiger partial charge is 0.322 e. The minimum atomic E-state index is -0.713. The first-order valence-electron chi connectivity index (χ1n) is 13.0. The molecule has 3 aromatic carbocycles. The normalized spacial score (nSPS) is 14.0. The summed E-state index contributed by atoms with van der Waals surface area (Å²) in [5, 5.41) is 14.0. The second kappa shape index (κ2) is 17.3. The molecule has 0 saturated carbocycles. The summed E-state index contributed by atoms with van der Waals surface area (Å²) in [7, 11) is 1.77. The summed E-state index contributed by atoms with van der Waals surface area (Å²) in [5.41, 5.74) is 5.55. The van der Waals surface area contributed by atoms with Crippen molar-refractivity contribution in [2.45, 2.75) is 74.5 Å². The summed E-state index contributed by atoms with van der Waals surface area (Å²) in [6.45, 7) is 18.0. The van der Waals surface area contributed by atoms with Gasteiger partial charge in [0.15, 0.2) is 0 Å². The zero-order valence-corrected chi connectivity index (χ0v) is 23.4. The van der Waals surface area contributed by atoms with Crippen LogP contribution in [0.5, 0.6) is 0 Å². The molecule has 1 aliphatic heterocycles. The van der Waals surface area contributed by atoms with Crippen LogP contribution < -0.4 is 10.2 Å². The van der Waals surface area contributed by atoms with Crippen molar-refractivity contribution in [2.75, 3.05) is 11.9 Å². The zero-order chi connectivity index (χ0) is 27.0. The molecule has 2 amide bonds. The minimum absolute atomic E-state index is 0.129. The van der Waals surface area contributed by atoms with Crippen LogP contribution in [0.25, 0.3) is 0 Å². The van der Waals surface area contributed by atoms with Crippen LogP contribution in [0.3, 0.4) is 0 Å². The fourth-order valence-electron chi connectivity index (χ4n) is 3.81. The van der Waals surface area contributed by atoms with Crippen LogP contribution >= 0.6 is 0 Å². The van der Waals surface area contributed by atoms with E-state index >= 15 is 0 Å². The molecule has 1 heterocycles. The lowest BCUT2D eigenvalue weighted by Gasteiger charge is -2.35. The summed E-state index contributed by atoms with van der Waals surface area (Å²) in [5.74, 6) is 0. The number of anilines is 1. The number of urea groups is 1. The van der Waals surface area contributed by atoms with E-state index in [1.807, 2.05) is 135 Å². The number of benzene rings is 3. The van der Waals surface area contributed by atoms with E-state index in [9.17, 15) is 9.90 Å². The van der Waals surface area contributed by atoms with Crippen LogP contribution in [0.1, 0.15) is 95.4 Å². The third kappa shape index (κ3) is 7.97. The van der Waals surface area contributed by atoms with Crippen LogP contribution in [0, 0.1) is 6.92 Å². The van der Waals surface area contributed by atoms with Crippen molar-refractivity contribution in [1.29, 1.82) is 0 Å². The van der Waals surface area contributed by atoms with Crippen LogP contribution in [-0.4, -0.2) is 18.2 Å². The lowest BCUT2D eigenvalue weighted by atomic mass is 9.89. The molecule has 2 N–H and O–H groups in total. The number of fused-ring (bicyclic) bond motifs is 1. The van der Waals surface area contributed by atoms with Gasteiger partial charge in [0.1, 0.15) is 6.10 Å². The Bertz CT molecular complexity index is 972. The highest BCUT2D eigenvalue weighted by Crippen LogP contribution is 2.39. The third-order valence-corrected chi connectivity index (χ3v) is 5.14. The summed E-state index contributed by atoms with van der Waals surface area (Å²) in [4.78, 5) is 14.1. The molecule has 0 radical (unpaired) electrons. The molecule has 4 nitrogen and oxygen atoms in total. The predicted octanol–water partition coefficient (Wildman–Crippen LogP) is 8.43. The van der Waals surface area contributed by atoms with Gasteiger partial charge in [0.05, 0.1) is 11.7 Å². The highest BCUT2D eigenvalue weighted by molar-refractivity contribution is 5.96. The molecule has 1 aliphatic rings. The molecule has 0 saturated heterocycles. The van der Waals surface area contributed by atoms with Gasteiger partial charge in [-0.3, -0.25) is 4.90 Å². The number of aliphatic hydroxyl groups is 1. The highest BCUT2D eigenvalue weighted by Gasteiger charge is 2.31. The quantitative estimate of drug-likeness (QED) is 0.397. The topological polar surface area (TPSA) is 52.6 Å². The molecule has 0 spiro atoms. The van der Waals surface area contributed by atoms with Gasteiger partial charge in [-0.2, -0.15) is 0 Å². The number of nitrogens with one attached hydrogen (secondary N) is 1. The van der Waals surface area contributed by atoms with Gasteiger partial charge in [-0.15, -0.1) is 0 Å². The minimum Gasteiger partial charge on any atom is -0.384 e. The maximum atomic E-state index is 12.5. The Balaban J connectivity index is 0.00000132. The molecular formula is C31H46N2O2. The largest absolute Gasteiger partial charge is 0.384 e. The predicted molar refractivity (Wildman–Crippen MR) is 152 cm³/mol. The summed E-state index contributed by atoms with van der Waals surface area (Å²) >= 11 is 0. The number of nitrogens with zero attached hydrogens (tertiary/aromatic N) is 1. The van der Waals surface area contributed by atoms with Gasteiger partial charge in [-0.25, -0.2) is 4.79 Å². The van der Waals surface area contributed by atoms with Gasteiger partial charge in [0.2, 0.25) is 0 Å². The van der Waals surface area contributed by atoms with Crippen molar-refractivity contribution in [3.05, 3.63) is 101 Å². The molecule has 192 valence electrons. The van der Waals surface area contributed by atoms with E-state index in [0.29, 0.717) is 0 Å². The first-order chi connectivity index (χ1) is 17.1. The van der Waals surface area contributed by atoms with E-state index in [2.05, 4.69) is 5.32 Å². The van der Waals surface area contributed by atoms with Crippen molar-refractivity contribution in [3.63, 3.8) is 0 Å². The number of hydrogen-bond acceptors (Lipinski definition) is 2. The van der Waals surface area contributed by atoms with Crippen LogP contribution in [-0.2, 0) is 0 Å². The van der Waals surface area contributed by atoms with E-state index in [0.717, 1.165) is 33.5 Å². The highest BCUT2D eigenvalue weighted by atomic mass is 16.3. The molecule has 35 heavy (non-hydrogen) atoms. The number of hydrogen-bond donors (Lipinski definition) is 2. The Kier molecular flexibility index (Phi) is 15.8. The van der Waals surface area contributed by atoms with Crippen molar-refractivity contribution in [1.82, 2.24) is 5.32 Å². The van der Waals surface area contributed by atoms with E-state index in [-0.39, 0.29) is 12.1 Å². The maximum absolute atomic E-state index is 12.5. The number of aryl methyl sites for hydroxylation is 1. The lowest BCUT2D eigenvalue weighted by molar-refractivity contribution is 0.220. The maximum Gasteiger partial charge on any atom is 0.322 e. The van der Waals surface area contributed by atoms with Gasteiger partial charge in [-0.05, 0) is 35.2 Å². The molecule has 0 aliphatic carbocycles. The molecule has 4 rings (SSSR count). The van der Waals surface area contributed by atoms with Crippen LogP contribution in [0.2, 0.25) is 0 Å². The molecule has 0 fully saturated rings. The van der Waals surface area contributed by atoms with Crippen molar-refractivity contribution in [3.8, 4) is 0 Å². The van der Waals surface area contributed by atoms with Crippen LogP contribution in [0.15, 0.2) is 72.8 Å². The number of rotatable bonds is 3. The SMILES string of the molecule is CC.CC.CC.CC.Cc1cc(C(O)c2ccccc2)cc2c1N(C)C(=O)NC2c1ccccc1. The molecule has 0 aromatic heterocycles. The van der Waals surface area contributed by atoms with Gasteiger partial charge >= 0.3 is 6.03 Å². The number of carbonyl (C=O) groups is 1. The Labute approximate surface area is 214 Å². The molecular weight excluding hydrogens is 432 g/mol. The van der Waals surface area contributed by atoms with Gasteiger partial charge < -0.3 is 10.4 Å². The summed E-state index contributed by atoms with van der Waals surface area (Å²) < 4.78 is 0. The fraction of sp³-hybridized carbons (Fsp3) is 0.387. The summed E-state index contributed by atoms with van der Waals surface area (Å²) in [6, 6.07) is 23.1. The monoisotopic (exact) mass is 478 g/mol. The summed E-state index contributed by atoms with van der Waals surface area (Å²) in [6.07, 6.45) is -0.713. The fourth-order valence-corrected chi connectivity index (χ4v) is 3.81. The third-order valence-electron chi connectivity index (χ3n) is 5.14. The number of aliphatic hydroxyl groups excluding tert-OH is 1. The number of carbonyl (C=O) groups excluding carboxylic acids is 1. The van der Waals surface area contributed by atoms with Gasteiger partial charge in [-0.1, -0.05) is 122 Å². The Morgan fingerprint density at radius 1 is 0.771 bits per heavy atom. The average Bonchev–Trinajstić information content (AvgIpc) is 2.95. The van der Waals surface area contributed by atoms with Gasteiger partial charge in [0, 0.05) is 12.6 Å². The standard InChI is InChI=1S/C23H22N2O2.4C2H6/c1-15-13-18(22(26)17-11-7-4-8-12-17)14-19-20(16-9-5-3-6-10-16)24-23(27)25(2)21(15)19;4*1-2/h3-14,20,22,26H,1-2H3,(H,24,27);4*1-2H3. The van der Waals surface area contributed by atoms with E-state index in [4.69, 9.17) is 0 Å². The van der Waals surface area contributed by atoms with Crippen LogP contribution in [0.4, 0.5) is 10.5 Å². The molecule has 2 atom stereocenters. The molecule has 2 unspecified atom stereocenters. The molecule has 3 aromatic rings. The Hall–Kier alpha value is -3.11. The second-order valence-electron chi connectivity index (χ2n) is 6.94. The molecule has 4 heteroatoms. The van der Waals surface area contributed by atoms with Crippen molar-refractivity contribution in [2.24, 2.45) is 0 Å². The average molecular weight is 479 g/mol. The first kappa shape index (κ1) is 31.9. The Morgan fingerprint density at radius 3 is 1.77 bits per heavy atom. The van der Waals surface area contributed by atoms with E-state index in [1.54, 1.807) is 11.9 Å². The zero-order valence-electron chi connectivity index (χ0n) is 23.4. The van der Waals surface area contributed by atoms with Gasteiger partial charge in [0.25, 0.3) is 0 Å². The van der Waals surface area contributed by atoms with Crippen molar-refractivity contribution >= 4 is 11.7 Å². The van der Waals surface area contributed by atoms with E-state index < -0.39 is 6.10 Å². The molecule has 0 bridgehead atoms.